The molecule has 1 fully saturated rings. The highest BCUT2D eigenvalue weighted by Gasteiger charge is 2.27. The molecule has 116 valence electrons. The van der Waals surface area contributed by atoms with Gasteiger partial charge in [-0.05, 0) is 38.2 Å². The molecule has 2 rings (SSSR count). The minimum Gasteiger partial charge on any atom is -0.465 e. The number of hydrogen-bond acceptors (Lipinski definition) is 3. The standard InChI is InChI=1S/C16H24N2O3/c1-9-7-5-6-8-12(9)18-15(19)14-10(2)13(11(3)17-14)16(20)21-4/h9,12,17H,5-8H2,1-4H3,(H,18,19)/t9-,12-/m1/s1. The summed E-state index contributed by atoms with van der Waals surface area (Å²) < 4.78 is 4.77. The molecule has 1 amide bonds. The predicted molar refractivity (Wildman–Crippen MR) is 80.5 cm³/mol. The van der Waals surface area contributed by atoms with Crippen molar-refractivity contribution in [3.63, 3.8) is 0 Å². The fourth-order valence-corrected chi connectivity index (χ4v) is 3.16. The van der Waals surface area contributed by atoms with Gasteiger partial charge in [0.1, 0.15) is 5.69 Å². The van der Waals surface area contributed by atoms with Crippen molar-refractivity contribution in [3.05, 3.63) is 22.5 Å². The van der Waals surface area contributed by atoms with Crippen molar-refractivity contribution in [2.45, 2.75) is 52.5 Å². The molecule has 5 nitrogen and oxygen atoms in total. The van der Waals surface area contributed by atoms with Crippen molar-refractivity contribution < 1.29 is 14.3 Å². The summed E-state index contributed by atoms with van der Waals surface area (Å²) in [6, 6.07) is 0.218. The second kappa shape index (κ2) is 6.33. The molecule has 0 aliphatic heterocycles. The van der Waals surface area contributed by atoms with E-state index in [1.54, 1.807) is 13.8 Å². The van der Waals surface area contributed by atoms with Crippen LogP contribution in [-0.2, 0) is 4.74 Å². The third kappa shape index (κ3) is 3.12. The zero-order chi connectivity index (χ0) is 15.6. The molecule has 0 saturated heterocycles. The van der Waals surface area contributed by atoms with E-state index >= 15 is 0 Å². The van der Waals surface area contributed by atoms with Gasteiger partial charge in [0, 0.05) is 11.7 Å². The summed E-state index contributed by atoms with van der Waals surface area (Å²) in [5.41, 5.74) is 2.24. The second-order valence-corrected chi connectivity index (χ2v) is 5.96. The van der Waals surface area contributed by atoms with E-state index in [-0.39, 0.29) is 11.9 Å². The Balaban J connectivity index is 2.18. The number of carbonyl (C=O) groups excluding carboxylic acids is 2. The fraction of sp³-hybridized carbons (Fsp3) is 0.625. The number of amides is 1. The number of aromatic amines is 1. The molecule has 21 heavy (non-hydrogen) atoms. The van der Waals surface area contributed by atoms with E-state index in [4.69, 9.17) is 4.74 Å². The summed E-state index contributed by atoms with van der Waals surface area (Å²) in [4.78, 5) is 27.2. The van der Waals surface area contributed by atoms with Gasteiger partial charge in [-0.1, -0.05) is 19.8 Å². The molecule has 1 aliphatic rings. The third-order valence-corrected chi connectivity index (χ3v) is 4.48. The van der Waals surface area contributed by atoms with Crippen LogP contribution in [0.5, 0.6) is 0 Å². The summed E-state index contributed by atoms with van der Waals surface area (Å²) in [6.45, 7) is 5.73. The molecule has 2 atom stereocenters. The van der Waals surface area contributed by atoms with E-state index in [1.165, 1.54) is 13.5 Å². The molecule has 0 spiro atoms. The van der Waals surface area contributed by atoms with E-state index in [0.717, 1.165) is 19.3 Å². The second-order valence-electron chi connectivity index (χ2n) is 5.96. The van der Waals surface area contributed by atoms with Crippen LogP contribution in [0.3, 0.4) is 0 Å². The minimum absolute atomic E-state index is 0.135. The molecular formula is C16H24N2O3. The maximum atomic E-state index is 12.5. The number of aromatic nitrogens is 1. The van der Waals surface area contributed by atoms with Crippen LogP contribution in [0.25, 0.3) is 0 Å². The van der Waals surface area contributed by atoms with Crippen molar-refractivity contribution in [2.24, 2.45) is 5.92 Å². The lowest BCUT2D eigenvalue weighted by Crippen LogP contribution is -2.41. The number of nitrogens with one attached hydrogen (secondary N) is 2. The molecule has 0 aromatic carbocycles. The Labute approximate surface area is 125 Å². The number of aryl methyl sites for hydroxylation is 1. The van der Waals surface area contributed by atoms with Gasteiger partial charge in [0.25, 0.3) is 5.91 Å². The fourth-order valence-electron chi connectivity index (χ4n) is 3.16. The molecule has 1 aromatic heterocycles. The average molecular weight is 292 g/mol. The Kier molecular flexibility index (Phi) is 4.70. The zero-order valence-electron chi connectivity index (χ0n) is 13.2. The zero-order valence-corrected chi connectivity index (χ0v) is 13.2. The van der Waals surface area contributed by atoms with Gasteiger partial charge in [-0.2, -0.15) is 0 Å². The van der Waals surface area contributed by atoms with Crippen molar-refractivity contribution in [1.82, 2.24) is 10.3 Å². The predicted octanol–water partition coefficient (Wildman–Crippen LogP) is 2.73. The monoisotopic (exact) mass is 292 g/mol. The lowest BCUT2D eigenvalue weighted by atomic mass is 9.86. The van der Waals surface area contributed by atoms with E-state index in [9.17, 15) is 9.59 Å². The van der Waals surface area contributed by atoms with Crippen LogP contribution in [-0.4, -0.2) is 30.0 Å². The van der Waals surface area contributed by atoms with Crippen LogP contribution in [0.1, 0.15) is 64.7 Å². The molecule has 1 saturated carbocycles. The lowest BCUT2D eigenvalue weighted by molar-refractivity contribution is 0.0599. The quantitative estimate of drug-likeness (QED) is 0.841. The van der Waals surface area contributed by atoms with Crippen molar-refractivity contribution >= 4 is 11.9 Å². The first-order valence-electron chi connectivity index (χ1n) is 7.54. The minimum atomic E-state index is -0.411. The van der Waals surface area contributed by atoms with Crippen LogP contribution in [0.15, 0.2) is 0 Å². The van der Waals surface area contributed by atoms with Gasteiger partial charge in [0.05, 0.1) is 12.7 Å². The van der Waals surface area contributed by atoms with E-state index in [1.807, 2.05) is 0 Å². The first kappa shape index (κ1) is 15.6. The summed E-state index contributed by atoms with van der Waals surface area (Å²) >= 11 is 0. The Morgan fingerprint density at radius 2 is 1.90 bits per heavy atom. The molecule has 0 radical (unpaired) electrons. The summed E-state index contributed by atoms with van der Waals surface area (Å²) in [7, 11) is 1.34. The van der Waals surface area contributed by atoms with Crippen molar-refractivity contribution in [2.75, 3.05) is 7.11 Å². The largest absolute Gasteiger partial charge is 0.465 e. The van der Waals surface area contributed by atoms with Crippen LogP contribution >= 0.6 is 0 Å². The summed E-state index contributed by atoms with van der Waals surface area (Å²) in [6.07, 6.45) is 4.57. The van der Waals surface area contributed by atoms with E-state index in [2.05, 4.69) is 17.2 Å². The number of carbonyl (C=O) groups is 2. The highest BCUT2D eigenvalue weighted by Crippen LogP contribution is 2.25. The number of methoxy groups -OCH3 is 1. The van der Waals surface area contributed by atoms with Gasteiger partial charge in [-0.3, -0.25) is 4.79 Å². The molecule has 1 aromatic rings. The van der Waals surface area contributed by atoms with Gasteiger partial charge in [-0.25, -0.2) is 4.79 Å². The highest BCUT2D eigenvalue weighted by molar-refractivity contribution is 6.00. The van der Waals surface area contributed by atoms with Crippen molar-refractivity contribution in [3.8, 4) is 0 Å². The molecule has 2 N–H and O–H groups in total. The number of esters is 1. The molecular weight excluding hydrogens is 268 g/mol. The normalized spacial score (nSPS) is 21.9. The van der Waals surface area contributed by atoms with Crippen LogP contribution in [0.2, 0.25) is 0 Å². The van der Waals surface area contributed by atoms with Crippen LogP contribution < -0.4 is 5.32 Å². The van der Waals surface area contributed by atoms with Crippen molar-refractivity contribution in [1.29, 1.82) is 0 Å². The first-order chi connectivity index (χ1) is 9.95. The third-order valence-electron chi connectivity index (χ3n) is 4.48. The van der Waals surface area contributed by atoms with Crippen LogP contribution in [0, 0.1) is 19.8 Å². The molecule has 0 unspecified atom stereocenters. The molecule has 1 aliphatic carbocycles. The maximum absolute atomic E-state index is 12.5. The Morgan fingerprint density at radius 1 is 1.24 bits per heavy atom. The molecule has 5 heteroatoms. The van der Waals surface area contributed by atoms with Gasteiger partial charge < -0.3 is 15.0 Å². The number of H-pyrrole nitrogens is 1. The number of rotatable bonds is 3. The van der Waals surface area contributed by atoms with E-state index < -0.39 is 5.97 Å². The van der Waals surface area contributed by atoms with Gasteiger partial charge in [0.2, 0.25) is 0 Å². The SMILES string of the molecule is COC(=O)c1c(C)[nH]c(C(=O)N[C@@H]2CCCC[C@H]2C)c1C. The highest BCUT2D eigenvalue weighted by atomic mass is 16.5. The Morgan fingerprint density at radius 3 is 2.52 bits per heavy atom. The van der Waals surface area contributed by atoms with Gasteiger partial charge in [-0.15, -0.1) is 0 Å². The number of hydrogen-bond donors (Lipinski definition) is 2. The summed E-state index contributed by atoms with van der Waals surface area (Å²) in [5, 5.41) is 3.10. The Bertz CT molecular complexity index is 548. The average Bonchev–Trinajstić information content (AvgIpc) is 2.76. The van der Waals surface area contributed by atoms with Crippen LogP contribution in [0.4, 0.5) is 0 Å². The lowest BCUT2D eigenvalue weighted by Gasteiger charge is -2.29. The topological polar surface area (TPSA) is 71.2 Å². The van der Waals surface area contributed by atoms with Gasteiger partial charge in [0.15, 0.2) is 0 Å². The Hall–Kier alpha value is -1.78. The van der Waals surface area contributed by atoms with E-state index in [0.29, 0.717) is 28.4 Å². The molecule has 0 bridgehead atoms. The summed E-state index contributed by atoms with van der Waals surface area (Å²) in [5.74, 6) is -0.0463. The molecule has 1 heterocycles. The van der Waals surface area contributed by atoms with Gasteiger partial charge >= 0.3 is 5.97 Å². The maximum Gasteiger partial charge on any atom is 0.339 e. The first-order valence-corrected chi connectivity index (χ1v) is 7.54. The number of ether oxygens (including phenoxy) is 1. The smallest absolute Gasteiger partial charge is 0.339 e.